The zero-order valence-electron chi connectivity index (χ0n) is 13.7. The van der Waals surface area contributed by atoms with Gasteiger partial charge in [0.2, 0.25) is 10.0 Å². The number of hydrogen-bond donors (Lipinski definition) is 2. The smallest absolute Gasteiger partial charge is 0.240 e. The molecular weight excluding hydrogens is 398 g/mol. The molecule has 1 aromatic carbocycles. The van der Waals surface area contributed by atoms with Gasteiger partial charge in [-0.05, 0) is 42.5 Å². The molecule has 1 atom stereocenters. The fourth-order valence-electron chi connectivity index (χ4n) is 2.29. The minimum Gasteiger partial charge on any atom is -0.495 e. The van der Waals surface area contributed by atoms with Crippen LogP contribution in [0.3, 0.4) is 0 Å². The summed E-state index contributed by atoms with van der Waals surface area (Å²) in [5, 5.41) is 10.4. The summed E-state index contributed by atoms with van der Waals surface area (Å²) < 4.78 is 37.6. The Hall–Kier alpha value is -1.84. The van der Waals surface area contributed by atoms with Crippen LogP contribution in [0.5, 0.6) is 5.75 Å². The average Bonchev–Trinajstić information content (AvgIpc) is 3.31. The van der Waals surface area contributed by atoms with E-state index in [0.717, 1.165) is 4.88 Å². The van der Waals surface area contributed by atoms with Crippen LogP contribution in [-0.2, 0) is 16.6 Å². The molecule has 0 saturated heterocycles. The van der Waals surface area contributed by atoms with Crippen LogP contribution < -0.4 is 9.46 Å². The number of hydrogen-bond acceptors (Lipinski definition) is 6. The fraction of sp³-hybridized carbons (Fsp3) is 0.176. The summed E-state index contributed by atoms with van der Waals surface area (Å²) in [6.07, 6.45) is 0.613. The monoisotopic (exact) mass is 413 g/mol. The van der Waals surface area contributed by atoms with Gasteiger partial charge in [-0.25, -0.2) is 13.1 Å². The number of halogens is 1. The first-order valence-electron chi connectivity index (χ1n) is 7.54. The predicted molar refractivity (Wildman–Crippen MR) is 99.1 cm³/mol. The largest absolute Gasteiger partial charge is 0.495 e. The molecule has 3 rings (SSSR count). The molecule has 2 aromatic heterocycles. The van der Waals surface area contributed by atoms with Gasteiger partial charge in [-0.15, -0.1) is 11.3 Å². The third-order valence-electron chi connectivity index (χ3n) is 3.63. The van der Waals surface area contributed by atoms with Crippen molar-refractivity contribution in [1.29, 1.82) is 0 Å². The second kappa shape index (κ2) is 7.81. The number of methoxy groups -OCH3 is 1. The van der Waals surface area contributed by atoms with Crippen LogP contribution in [0.4, 0.5) is 0 Å². The molecule has 0 aliphatic carbocycles. The van der Waals surface area contributed by atoms with Gasteiger partial charge in [0.05, 0.1) is 23.3 Å². The molecule has 0 spiro atoms. The summed E-state index contributed by atoms with van der Waals surface area (Å²) in [5.74, 6) is 0.840. The molecule has 0 fully saturated rings. The first kappa shape index (κ1) is 18.9. The van der Waals surface area contributed by atoms with Gasteiger partial charge in [0.1, 0.15) is 17.6 Å². The van der Waals surface area contributed by atoms with Crippen molar-refractivity contribution in [2.45, 2.75) is 17.5 Å². The van der Waals surface area contributed by atoms with Gasteiger partial charge in [0.15, 0.2) is 0 Å². The third-order valence-corrected chi connectivity index (χ3v) is 6.47. The second-order valence-corrected chi connectivity index (χ2v) is 8.72. The first-order valence-corrected chi connectivity index (χ1v) is 10.2. The van der Waals surface area contributed by atoms with E-state index in [9.17, 15) is 13.5 Å². The maximum atomic E-state index is 12.4. The molecule has 0 aliphatic rings. The van der Waals surface area contributed by atoms with Gasteiger partial charge < -0.3 is 14.3 Å². The highest BCUT2D eigenvalue weighted by atomic mass is 35.5. The molecule has 0 radical (unpaired) electrons. The van der Waals surface area contributed by atoms with Crippen molar-refractivity contribution < 1.29 is 22.7 Å². The zero-order valence-corrected chi connectivity index (χ0v) is 16.1. The summed E-state index contributed by atoms with van der Waals surface area (Å²) in [6.45, 7) is 0.0987. The molecule has 2 N–H and O–H groups in total. The highest BCUT2D eigenvalue weighted by Gasteiger charge is 2.18. The van der Waals surface area contributed by atoms with Crippen molar-refractivity contribution in [3.05, 3.63) is 69.3 Å². The Bertz CT molecular complexity index is 983. The summed E-state index contributed by atoms with van der Waals surface area (Å²) >= 11 is 7.29. The normalized spacial score (nSPS) is 12.9. The number of sulfonamides is 1. The van der Waals surface area contributed by atoms with E-state index in [0.29, 0.717) is 16.4 Å². The van der Waals surface area contributed by atoms with Gasteiger partial charge in [0, 0.05) is 16.3 Å². The standard InChI is InChI=1S/C17H16ClNO5S2/c1-23-14-6-5-12(9-13(14)18)26(21,22)19-10-11-4-7-16(25-11)17(20)15-3-2-8-24-15/h2-9,17,19-20H,10H2,1H3/t17-/m0/s1. The highest BCUT2D eigenvalue weighted by Crippen LogP contribution is 2.29. The van der Waals surface area contributed by atoms with Crippen LogP contribution in [0.1, 0.15) is 21.6 Å². The van der Waals surface area contributed by atoms with E-state index in [1.165, 1.54) is 42.9 Å². The van der Waals surface area contributed by atoms with Crippen molar-refractivity contribution in [2.75, 3.05) is 7.11 Å². The van der Waals surface area contributed by atoms with E-state index in [2.05, 4.69) is 4.72 Å². The van der Waals surface area contributed by atoms with Gasteiger partial charge in [0.25, 0.3) is 0 Å². The number of ether oxygens (including phenoxy) is 1. The van der Waals surface area contributed by atoms with Crippen molar-refractivity contribution in [3.8, 4) is 5.75 Å². The van der Waals surface area contributed by atoms with Crippen LogP contribution in [-0.4, -0.2) is 20.6 Å². The van der Waals surface area contributed by atoms with E-state index >= 15 is 0 Å². The quantitative estimate of drug-likeness (QED) is 0.618. The molecule has 138 valence electrons. The highest BCUT2D eigenvalue weighted by molar-refractivity contribution is 7.89. The lowest BCUT2D eigenvalue weighted by Gasteiger charge is -2.08. The Morgan fingerprint density at radius 2 is 2.12 bits per heavy atom. The molecule has 0 aliphatic heterocycles. The maximum Gasteiger partial charge on any atom is 0.240 e. The van der Waals surface area contributed by atoms with Crippen molar-refractivity contribution in [2.24, 2.45) is 0 Å². The van der Waals surface area contributed by atoms with Gasteiger partial charge in [-0.1, -0.05) is 11.6 Å². The predicted octanol–water partition coefficient (Wildman–Crippen LogP) is 3.56. The first-order chi connectivity index (χ1) is 12.4. The second-order valence-electron chi connectivity index (χ2n) is 5.34. The molecule has 3 aromatic rings. The fourth-order valence-corrected chi connectivity index (χ4v) is 4.68. The Morgan fingerprint density at radius 1 is 1.31 bits per heavy atom. The minimum absolute atomic E-state index is 0.0516. The third kappa shape index (κ3) is 4.11. The lowest BCUT2D eigenvalue weighted by Crippen LogP contribution is -2.22. The Morgan fingerprint density at radius 3 is 2.77 bits per heavy atom. The molecule has 0 saturated carbocycles. The van der Waals surface area contributed by atoms with E-state index < -0.39 is 16.1 Å². The number of rotatable bonds is 7. The number of benzene rings is 1. The number of furan rings is 1. The molecule has 2 heterocycles. The van der Waals surface area contributed by atoms with Crippen LogP contribution in [0.2, 0.25) is 5.02 Å². The van der Waals surface area contributed by atoms with E-state index in [1.54, 1.807) is 24.3 Å². The molecule has 0 bridgehead atoms. The summed E-state index contributed by atoms with van der Waals surface area (Å²) in [5.41, 5.74) is 0. The van der Waals surface area contributed by atoms with Crippen molar-refractivity contribution >= 4 is 33.0 Å². The number of thiophene rings is 1. The van der Waals surface area contributed by atoms with Gasteiger partial charge in [-0.2, -0.15) is 0 Å². The number of nitrogens with one attached hydrogen (secondary N) is 1. The summed E-state index contributed by atoms with van der Waals surface area (Å²) in [4.78, 5) is 1.48. The van der Waals surface area contributed by atoms with Crippen molar-refractivity contribution in [1.82, 2.24) is 4.72 Å². The van der Waals surface area contributed by atoms with E-state index in [1.807, 2.05) is 0 Å². The molecule has 6 nitrogen and oxygen atoms in total. The Labute approximate surface area is 160 Å². The zero-order chi connectivity index (χ0) is 18.7. The van der Waals surface area contributed by atoms with E-state index in [4.69, 9.17) is 20.8 Å². The van der Waals surface area contributed by atoms with E-state index in [-0.39, 0.29) is 16.5 Å². The summed E-state index contributed by atoms with van der Waals surface area (Å²) in [7, 11) is -2.27. The Kier molecular flexibility index (Phi) is 5.69. The molecule has 26 heavy (non-hydrogen) atoms. The minimum atomic E-state index is -3.72. The molecule has 9 heteroatoms. The van der Waals surface area contributed by atoms with Crippen molar-refractivity contribution in [3.63, 3.8) is 0 Å². The lowest BCUT2D eigenvalue weighted by molar-refractivity contribution is 0.193. The topological polar surface area (TPSA) is 88.8 Å². The van der Waals surface area contributed by atoms with Crippen LogP contribution in [0.25, 0.3) is 0 Å². The SMILES string of the molecule is COc1ccc(S(=O)(=O)NCc2ccc([C@@H](O)c3ccco3)s2)cc1Cl. The van der Waals surface area contributed by atoms with Crippen LogP contribution in [0.15, 0.2) is 58.0 Å². The number of aliphatic hydroxyl groups is 1. The van der Waals surface area contributed by atoms with Crippen LogP contribution in [0, 0.1) is 0 Å². The summed E-state index contributed by atoms with van der Waals surface area (Å²) in [6, 6.07) is 11.1. The van der Waals surface area contributed by atoms with Crippen LogP contribution >= 0.6 is 22.9 Å². The molecule has 0 unspecified atom stereocenters. The van der Waals surface area contributed by atoms with Gasteiger partial charge >= 0.3 is 0 Å². The molecule has 0 amide bonds. The average molecular weight is 414 g/mol. The van der Waals surface area contributed by atoms with Gasteiger partial charge in [-0.3, -0.25) is 0 Å². The number of aliphatic hydroxyl groups excluding tert-OH is 1. The Balaban J connectivity index is 1.69. The lowest BCUT2D eigenvalue weighted by atomic mass is 10.2. The molecular formula is C17H16ClNO5S2. The maximum absolute atomic E-state index is 12.4.